The monoisotopic (exact) mass is 432 g/mol. The van der Waals surface area contributed by atoms with E-state index in [0.29, 0.717) is 25.4 Å². The average Bonchev–Trinajstić information content (AvgIpc) is 3.26. The molecule has 0 unspecified atom stereocenters. The molecule has 0 radical (unpaired) electrons. The number of amides is 1. The first-order chi connectivity index (χ1) is 13.6. The van der Waals surface area contributed by atoms with Gasteiger partial charge < -0.3 is 9.47 Å². The molecule has 0 atom stereocenters. The van der Waals surface area contributed by atoms with Crippen molar-refractivity contribution in [1.82, 2.24) is 19.7 Å². The van der Waals surface area contributed by atoms with Crippen molar-refractivity contribution in [2.75, 3.05) is 12.3 Å². The van der Waals surface area contributed by atoms with E-state index in [1.807, 2.05) is 41.8 Å². The van der Waals surface area contributed by atoms with Gasteiger partial charge in [-0.1, -0.05) is 59.8 Å². The molecule has 1 aromatic carbocycles. The van der Waals surface area contributed by atoms with Crippen molar-refractivity contribution in [3.63, 3.8) is 0 Å². The van der Waals surface area contributed by atoms with E-state index in [1.54, 1.807) is 11.0 Å². The minimum absolute atomic E-state index is 0.0290. The molecule has 0 saturated carbocycles. The SMILES string of the molecule is C=CCN(Cc1ccc(Cl)s1)C(=O)CSc1nnc(C)n1Cc1ccccc1. The van der Waals surface area contributed by atoms with Gasteiger partial charge in [-0.25, -0.2) is 0 Å². The third kappa shape index (κ3) is 5.47. The van der Waals surface area contributed by atoms with Gasteiger partial charge in [-0.3, -0.25) is 4.79 Å². The minimum atomic E-state index is 0.0290. The van der Waals surface area contributed by atoms with Crippen molar-refractivity contribution in [2.45, 2.75) is 25.2 Å². The number of halogens is 1. The topological polar surface area (TPSA) is 51.0 Å². The quantitative estimate of drug-likeness (QED) is 0.364. The zero-order valence-corrected chi connectivity index (χ0v) is 17.9. The third-order valence-electron chi connectivity index (χ3n) is 4.09. The Morgan fingerprint density at radius 1 is 1.29 bits per heavy atom. The Hall–Kier alpha value is -2.09. The van der Waals surface area contributed by atoms with Gasteiger partial charge in [0.25, 0.3) is 0 Å². The summed E-state index contributed by atoms with van der Waals surface area (Å²) in [6.45, 7) is 7.38. The molecule has 3 rings (SSSR count). The maximum Gasteiger partial charge on any atom is 0.233 e. The van der Waals surface area contributed by atoms with Crippen LogP contribution in [0.15, 0.2) is 60.3 Å². The number of benzene rings is 1. The molecular formula is C20H21ClN4OS2. The molecule has 2 heterocycles. The van der Waals surface area contributed by atoms with Crippen LogP contribution in [0.4, 0.5) is 0 Å². The van der Waals surface area contributed by atoms with Gasteiger partial charge in [0, 0.05) is 11.4 Å². The van der Waals surface area contributed by atoms with Gasteiger partial charge in [0.1, 0.15) is 5.82 Å². The van der Waals surface area contributed by atoms with Gasteiger partial charge in [-0.05, 0) is 24.6 Å². The largest absolute Gasteiger partial charge is 0.333 e. The lowest BCUT2D eigenvalue weighted by molar-refractivity contribution is -0.128. The fourth-order valence-electron chi connectivity index (χ4n) is 2.67. The molecule has 5 nitrogen and oxygen atoms in total. The number of nitrogens with zero attached hydrogens (tertiary/aromatic N) is 4. The van der Waals surface area contributed by atoms with E-state index in [2.05, 4.69) is 28.9 Å². The van der Waals surface area contributed by atoms with Crippen LogP contribution in [0.5, 0.6) is 0 Å². The van der Waals surface area contributed by atoms with Crippen LogP contribution in [0.2, 0.25) is 4.34 Å². The summed E-state index contributed by atoms with van der Waals surface area (Å²) in [7, 11) is 0. The summed E-state index contributed by atoms with van der Waals surface area (Å²) < 4.78 is 2.75. The second-order valence-corrected chi connectivity index (χ2v) is 8.90. The summed E-state index contributed by atoms with van der Waals surface area (Å²) >= 11 is 8.89. The predicted molar refractivity (Wildman–Crippen MR) is 116 cm³/mol. The first-order valence-electron chi connectivity index (χ1n) is 8.76. The summed E-state index contributed by atoms with van der Waals surface area (Å²) in [5, 5.41) is 9.17. The Morgan fingerprint density at radius 3 is 2.75 bits per heavy atom. The Bertz CT molecular complexity index is 939. The zero-order valence-electron chi connectivity index (χ0n) is 15.5. The summed E-state index contributed by atoms with van der Waals surface area (Å²) in [5.41, 5.74) is 1.17. The third-order valence-corrected chi connectivity index (χ3v) is 6.26. The van der Waals surface area contributed by atoms with Crippen LogP contribution in [-0.4, -0.2) is 37.9 Å². The molecule has 28 heavy (non-hydrogen) atoms. The molecule has 0 aliphatic carbocycles. The zero-order chi connectivity index (χ0) is 19.9. The number of rotatable bonds is 9. The van der Waals surface area contributed by atoms with Gasteiger partial charge in [0.15, 0.2) is 5.16 Å². The molecular weight excluding hydrogens is 412 g/mol. The number of carbonyl (C=O) groups is 1. The van der Waals surface area contributed by atoms with Crippen LogP contribution >= 0.6 is 34.7 Å². The molecule has 2 aromatic heterocycles. The molecule has 0 spiro atoms. The number of hydrogen-bond acceptors (Lipinski definition) is 5. The maximum atomic E-state index is 12.8. The first-order valence-corrected chi connectivity index (χ1v) is 10.9. The van der Waals surface area contributed by atoms with Crippen LogP contribution in [0.3, 0.4) is 0 Å². The predicted octanol–water partition coefficient (Wildman–Crippen LogP) is 4.66. The van der Waals surface area contributed by atoms with Crippen molar-refractivity contribution in [3.8, 4) is 0 Å². The smallest absolute Gasteiger partial charge is 0.233 e. The fraction of sp³-hybridized carbons (Fsp3) is 0.250. The van der Waals surface area contributed by atoms with Crippen molar-refractivity contribution < 1.29 is 4.79 Å². The molecule has 8 heteroatoms. The lowest BCUT2D eigenvalue weighted by Gasteiger charge is -2.20. The van der Waals surface area contributed by atoms with Crippen molar-refractivity contribution in [2.24, 2.45) is 0 Å². The van der Waals surface area contributed by atoms with Crippen LogP contribution < -0.4 is 0 Å². The second kappa shape index (κ2) is 9.91. The highest BCUT2D eigenvalue weighted by atomic mass is 35.5. The second-order valence-electron chi connectivity index (χ2n) is 6.16. The minimum Gasteiger partial charge on any atom is -0.333 e. The normalized spacial score (nSPS) is 10.8. The van der Waals surface area contributed by atoms with E-state index in [0.717, 1.165) is 20.2 Å². The van der Waals surface area contributed by atoms with Crippen molar-refractivity contribution in [3.05, 3.63) is 75.7 Å². The van der Waals surface area contributed by atoms with E-state index in [-0.39, 0.29) is 5.91 Å². The van der Waals surface area contributed by atoms with Crippen LogP contribution in [0.25, 0.3) is 0 Å². The van der Waals surface area contributed by atoms with Crippen molar-refractivity contribution >= 4 is 40.6 Å². The van der Waals surface area contributed by atoms with Gasteiger partial charge in [-0.2, -0.15) is 0 Å². The summed E-state index contributed by atoms with van der Waals surface area (Å²) in [6.07, 6.45) is 1.74. The molecule has 1 amide bonds. The molecule has 0 fully saturated rings. The van der Waals surface area contributed by atoms with Crippen LogP contribution in [0, 0.1) is 6.92 Å². The summed E-state index contributed by atoms with van der Waals surface area (Å²) in [6, 6.07) is 13.9. The lowest BCUT2D eigenvalue weighted by Crippen LogP contribution is -2.31. The molecule has 0 aliphatic rings. The molecule has 146 valence electrons. The molecule has 0 N–H and O–H groups in total. The molecule has 0 bridgehead atoms. The number of thiophene rings is 1. The van der Waals surface area contributed by atoms with Gasteiger partial charge in [-0.15, -0.1) is 28.1 Å². The highest BCUT2D eigenvalue weighted by Gasteiger charge is 2.17. The maximum absolute atomic E-state index is 12.8. The lowest BCUT2D eigenvalue weighted by atomic mass is 10.2. The van der Waals surface area contributed by atoms with Crippen LogP contribution in [0.1, 0.15) is 16.3 Å². The standard InChI is InChI=1S/C20H21ClN4OS2/c1-3-11-24(13-17-9-10-18(21)28-17)19(26)14-27-20-23-22-15(2)25(20)12-16-7-5-4-6-8-16/h3-10H,1,11-14H2,2H3. The Kier molecular flexibility index (Phi) is 7.30. The average molecular weight is 433 g/mol. The number of thioether (sulfide) groups is 1. The van der Waals surface area contributed by atoms with Crippen molar-refractivity contribution in [1.29, 1.82) is 0 Å². The molecule has 0 saturated heterocycles. The highest BCUT2D eigenvalue weighted by molar-refractivity contribution is 7.99. The summed E-state index contributed by atoms with van der Waals surface area (Å²) in [5.74, 6) is 1.15. The van der Waals surface area contributed by atoms with Gasteiger partial charge >= 0.3 is 0 Å². The number of hydrogen-bond donors (Lipinski definition) is 0. The summed E-state index contributed by atoms with van der Waals surface area (Å²) in [4.78, 5) is 15.6. The van der Waals surface area contributed by atoms with E-state index in [4.69, 9.17) is 11.6 Å². The van der Waals surface area contributed by atoms with E-state index >= 15 is 0 Å². The Labute approximate surface area is 178 Å². The van der Waals surface area contributed by atoms with Gasteiger partial charge in [0.2, 0.25) is 5.91 Å². The Morgan fingerprint density at radius 2 is 2.07 bits per heavy atom. The number of carbonyl (C=O) groups excluding carboxylic acids is 1. The van der Waals surface area contributed by atoms with E-state index in [1.165, 1.54) is 28.7 Å². The van der Waals surface area contributed by atoms with E-state index in [9.17, 15) is 4.79 Å². The van der Waals surface area contributed by atoms with Crippen LogP contribution in [-0.2, 0) is 17.9 Å². The molecule has 0 aliphatic heterocycles. The van der Waals surface area contributed by atoms with E-state index < -0.39 is 0 Å². The number of aryl methyl sites for hydroxylation is 1. The molecule has 3 aromatic rings. The number of aromatic nitrogens is 3. The Balaban J connectivity index is 1.65. The first kappa shape index (κ1) is 20.6. The fourth-order valence-corrected chi connectivity index (χ4v) is 4.66. The highest BCUT2D eigenvalue weighted by Crippen LogP contribution is 2.24. The van der Waals surface area contributed by atoms with Gasteiger partial charge in [0.05, 0.1) is 23.2 Å².